The summed E-state index contributed by atoms with van der Waals surface area (Å²) in [4.78, 5) is 22.7. The Morgan fingerprint density at radius 1 is 1.30 bits per heavy atom. The number of unbranched alkanes of at least 4 members (excludes halogenated alkanes) is 1. The van der Waals surface area contributed by atoms with Crippen LogP contribution in [0.25, 0.3) is 0 Å². The van der Waals surface area contributed by atoms with E-state index in [9.17, 15) is 14.9 Å². The molecule has 0 heterocycles. The summed E-state index contributed by atoms with van der Waals surface area (Å²) >= 11 is 10.9. The molecule has 1 amide bonds. The van der Waals surface area contributed by atoms with E-state index < -0.39 is 10.8 Å². The number of halogens is 1. The molecule has 2 aromatic rings. The van der Waals surface area contributed by atoms with Gasteiger partial charge >= 0.3 is 0 Å². The first-order valence-electron chi connectivity index (χ1n) is 8.20. The summed E-state index contributed by atoms with van der Waals surface area (Å²) < 4.78 is 5.58. The molecule has 0 aliphatic carbocycles. The minimum Gasteiger partial charge on any atom is -0.494 e. The van der Waals surface area contributed by atoms with Gasteiger partial charge in [-0.05, 0) is 49.0 Å². The number of nitro benzene ring substituents is 1. The van der Waals surface area contributed by atoms with Crippen molar-refractivity contribution in [2.24, 2.45) is 0 Å². The normalized spacial score (nSPS) is 10.1. The van der Waals surface area contributed by atoms with Crippen molar-refractivity contribution in [3.63, 3.8) is 0 Å². The lowest BCUT2D eigenvalue weighted by Gasteiger charge is -2.11. The highest BCUT2D eigenvalue weighted by atomic mass is 35.5. The number of ether oxygens (including phenoxy) is 1. The third-order valence-corrected chi connectivity index (χ3v) is 4.01. The number of rotatable bonds is 7. The number of nitrogens with zero attached hydrogens (tertiary/aromatic N) is 1. The molecule has 0 bridgehead atoms. The summed E-state index contributed by atoms with van der Waals surface area (Å²) in [7, 11) is 0. The highest BCUT2D eigenvalue weighted by Crippen LogP contribution is 2.27. The first-order chi connectivity index (χ1) is 12.9. The molecule has 142 valence electrons. The van der Waals surface area contributed by atoms with Crippen molar-refractivity contribution in [1.82, 2.24) is 5.32 Å². The molecule has 0 saturated carbocycles. The van der Waals surface area contributed by atoms with Gasteiger partial charge in [0.1, 0.15) is 10.8 Å². The molecule has 0 spiro atoms. The Morgan fingerprint density at radius 2 is 2.07 bits per heavy atom. The van der Waals surface area contributed by atoms with Gasteiger partial charge < -0.3 is 10.1 Å². The maximum atomic E-state index is 12.3. The molecule has 0 radical (unpaired) electrons. The zero-order valence-corrected chi connectivity index (χ0v) is 16.1. The molecule has 0 aliphatic rings. The van der Waals surface area contributed by atoms with Crippen molar-refractivity contribution in [2.75, 3.05) is 11.9 Å². The minimum atomic E-state index is -0.598. The second-order valence-corrected chi connectivity index (χ2v) is 6.38. The van der Waals surface area contributed by atoms with Gasteiger partial charge in [0.2, 0.25) is 0 Å². The molecule has 2 rings (SSSR count). The molecule has 0 fully saturated rings. The van der Waals surface area contributed by atoms with Crippen LogP contribution in [0.2, 0.25) is 5.02 Å². The van der Waals surface area contributed by atoms with Crippen molar-refractivity contribution in [3.05, 3.63) is 63.2 Å². The monoisotopic (exact) mass is 407 g/mol. The molecule has 7 nitrogen and oxygen atoms in total. The van der Waals surface area contributed by atoms with E-state index in [-0.39, 0.29) is 15.8 Å². The number of nitro groups is 1. The fourth-order valence-electron chi connectivity index (χ4n) is 2.13. The van der Waals surface area contributed by atoms with Crippen LogP contribution < -0.4 is 15.4 Å². The van der Waals surface area contributed by atoms with E-state index in [0.29, 0.717) is 23.6 Å². The maximum absolute atomic E-state index is 12.3. The van der Waals surface area contributed by atoms with E-state index in [4.69, 9.17) is 28.6 Å². The highest BCUT2D eigenvalue weighted by molar-refractivity contribution is 7.80. The average Bonchev–Trinajstić information content (AvgIpc) is 2.63. The van der Waals surface area contributed by atoms with Gasteiger partial charge in [0.15, 0.2) is 5.11 Å². The van der Waals surface area contributed by atoms with Gasteiger partial charge in [-0.2, -0.15) is 0 Å². The van der Waals surface area contributed by atoms with Gasteiger partial charge in [0, 0.05) is 17.3 Å². The summed E-state index contributed by atoms with van der Waals surface area (Å²) in [5.41, 5.74) is 0.469. The van der Waals surface area contributed by atoms with Gasteiger partial charge in [-0.15, -0.1) is 0 Å². The quantitative estimate of drug-likeness (QED) is 0.302. The van der Waals surface area contributed by atoms with Crippen molar-refractivity contribution < 1.29 is 14.5 Å². The van der Waals surface area contributed by atoms with Crippen LogP contribution >= 0.6 is 23.8 Å². The fraction of sp³-hybridized carbons (Fsp3) is 0.222. The number of amides is 1. The van der Waals surface area contributed by atoms with E-state index in [1.807, 2.05) is 0 Å². The van der Waals surface area contributed by atoms with Crippen LogP contribution in [0.4, 0.5) is 11.4 Å². The molecule has 0 unspecified atom stereocenters. The maximum Gasteiger partial charge on any atom is 0.289 e. The van der Waals surface area contributed by atoms with Crippen LogP contribution in [-0.2, 0) is 0 Å². The SMILES string of the molecule is CCCCOc1cccc(C(=O)NC(=S)Nc2ccc(Cl)c([N+](=O)[O-])c2)c1. The molecule has 27 heavy (non-hydrogen) atoms. The van der Waals surface area contributed by atoms with Crippen LogP contribution in [0.3, 0.4) is 0 Å². The van der Waals surface area contributed by atoms with E-state index in [1.165, 1.54) is 18.2 Å². The van der Waals surface area contributed by atoms with Gasteiger partial charge in [-0.25, -0.2) is 0 Å². The number of nitrogens with one attached hydrogen (secondary N) is 2. The van der Waals surface area contributed by atoms with Crippen molar-refractivity contribution in [1.29, 1.82) is 0 Å². The van der Waals surface area contributed by atoms with Crippen LogP contribution in [0.15, 0.2) is 42.5 Å². The number of anilines is 1. The number of carbonyl (C=O) groups excluding carboxylic acids is 1. The van der Waals surface area contributed by atoms with E-state index in [2.05, 4.69) is 17.6 Å². The lowest BCUT2D eigenvalue weighted by Crippen LogP contribution is -2.34. The first-order valence-corrected chi connectivity index (χ1v) is 8.98. The summed E-state index contributed by atoms with van der Waals surface area (Å²) in [6.45, 7) is 2.65. The third-order valence-electron chi connectivity index (χ3n) is 3.49. The van der Waals surface area contributed by atoms with Crippen molar-refractivity contribution >= 4 is 46.2 Å². The van der Waals surface area contributed by atoms with Crippen LogP contribution in [0.5, 0.6) is 5.75 Å². The summed E-state index contributed by atoms with van der Waals surface area (Å²) in [6.07, 6.45) is 1.95. The molecule has 2 N–H and O–H groups in total. The van der Waals surface area contributed by atoms with E-state index in [1.54, 1.807) is 24.3 Å². The Kier molecular flexibility index (Phi) is 7.51. The van der Waals surface area contributed by atoms with Crippen molar-refractivity contribution in [3.8, 4) is 5.75 Å². The second kappa shape index (κ2) is 9.84. The largest absolute Gasteiger partial charge is 0.494 e. The lowest BCUT2D eigenvalue weighted by molar-refractivity contribution is -0.384. The summed E-state index contributed by atoms with van der Waals surface area (Å²) in [5, 5.41) is 16.2. The zero-order chi connectivity index (χ0) is 19.8. The number of thiocarbonyl (C=S) groups is 1. The van der Waals surface area contributed by atoms with Gasteiger partial charge in [0.25, 0.3) is 11.6 Å². The van der Waals surface area contributed by atoms with Crippen LogP contribution in [0.1, 0.15) is 30.1 Å². The second-order valence-electron chi connectivity index (χ2n) is 5.56. The molecular weight excluding hydrogens is 390 g/mol. The third kappa shape index (κ3) is 6.19. The van der Waals surface area contributed by atoms with Crippen LogP contribution in [0, 0.1) is 10.1 Å². The van der Waals surface area contributed by atoms with Crippen LogP contribution in [-0.4, -0.2) is 22.5 Å². The number of hydrogen-bond donors (Lipinski definition) is 2. The van der Waals surface area contributed by atoms with Gasteiger partial charge in [-0.3, -0.25) is 20.2 Å². The predicted octanol–water partition coefficient (Wildman–Crippen LogP) is 4.55. The molecular formula is C18H18ClN3O4S. The Hall–Kier alpha value is -2.71. The summed E-state index contributed by atoms with van der Waals surface area (Å²) in [6, 6.07) is 10.9. The zero-order valence-electron chi connectivity index (χ0n) is 14.5. The molecule has 0 saturated heterocycles. The molecule has 2 aromatic carbocycles. The Labute approximate surface area is 166 Å². The fourth-order valence-corrected chi connectivity index (χ4v) is 2.53. The summed E-state index contributed by atoms with van der Waals surface area (Å²) in [5.74, 6) is 0.181. The van der Waals surface area contributed by atoms with Crippen molar-refractivity contribution in [2.45, 2.75) is 19.8 Å². The molecule has 0 aromatic heterocycles. The van der Waals surface area contributed by atoms with E-state index in [0.717, 1.165) is 12.8 Å². The van der Waals surface area contributed by atoms with Gasteiger partial charge in [0.05, 0.1) is 11.5 Å². The Bertz CT molecular complexity index is 860. The first kappa shape index (κ1) is 20.6. The molecule has 0 atom stereocenters. The molecule has 9 heteroatoms. The standard InChI is InChI=1S/C18H18ClN3O4S/c1-2-3-9-26-14-6-4-5-12(10-14)17(23)21-18(27)20-13-7-8-15(19)16(11-13)22(24)25/h4-8,10-11H,2-3,9H2,1H3,(H2,20,21,23,27). The predicted molar refractivity (Wildman–Crippen MR) is 109 cm³/mol. The number of benzene rings is 2. The number of carbonyl (C=O) groups is 1. The van der Waals surface area contributed by atoms with Gasteiger partial charge in [-0.1, -0.05) is 31.0 Å². The smallest absolute Gasteiger partial charge is 0.289 e. The number of hydrogen-bond acceptors (Lipinski definition) is 5. The Morgan fingerprint density at radius 3 is 2.78 bits per heavy atom. The topological polar surface area (TPSA) is 93.5 Å². The van der Waals surface area contributed by atoms with E-state index >= 15 is 0 Å². The average molecular weight is 408 g/mol. The Balaban J connectivity index is 1.99. The lowest BCUT2D eigenvalue weighted by atomic mass is 10.2. The highest BCUT2D eigenvalue weighted by Gasteiger charge is 2.14. The molecule has 0 aliphatic heterocycles. The minimum absolute atomic E-state index is 0.00826.